The van der Waals surface area contributed by atoms with Gasteiger partial charge in [0.1, 0.15) is 5.69 Å². The van der Waals surface area contributed by atoms with Crippen molar-refractivity contribution < 1.29 is 9.66 Å². The largest absolute Gasteiger partial charge is 0.393 e. The highest BCUT2D eigenvalue weighted by Gasteiger charge is 2.16. The lowest BCUT2D eigenvalue weighted by Crippen LogP contribution is -2.19. The van der Waals surface area contributed by atoms with E-state index in [-0.39, 0.29) is 11.4 Å². The van der Waals surface area contributed by atoms with Gasteiger partial charge in [0.25, 0.3) is 5.69 Å². The number of nitrogen functional groups attached to an aromatic ring is 1. The maximum absolute atomic E-state index is 10.7. The first-order valence-corrected chi connectivity index (χ1v) is 5.00. The molecule has 0 atom stereocenters. The van der Waals surface area contributed by atoms with Gasteiger partial charge in [0.15, 0.2) is 0 Å². The summed E-state index contributed by atoms with van der Waals surface area (Å²) < 4.78 is 5.20. The zero-order chi connectivity index (χ0) is 11.5. The number of anilines is 1. The smallest absolute Gasteiger partial charge is 0.292 e. The van der Waals surface area contributed by atoms with Gasteiger partial charge in [0.2, 0.25) is 0 Å². The molecule has 0 amide bonds. The molecular weight excluding hydrogens is 210 g/mol. The first-order chi connectivity index (χ1) is 7.66. The highest BCUT2D eigenvalue weighted by Crippen LogP contribution is 2.23. The van der Waals surface area contributed by atoms with Crippen LogP contribution < -0.4 is 5.73 Å². The van der Waals surface area contributed by atoms with Crippen LogP contribution in [-0.4, -0.2) is 29.7 Å². The number of nitrogens with zero attached hydrogens (tertiary/aromatic N) is 2. The standard InChI is InChI=1S/C10H13N3O3/c11-9-2-1-8(5-10(9)13(14)15)6-12-3-4-16-7-12/h1-2,5H,3-4,6-7,11H2. The number of nitro benzene ring substituents is 1. The van der Waals surface area contributed by atoms with E-state index in [0.717, 1.165) is 18.7 Å². The number of nitro groups is 1. The Morgan fingerprint density at radius 2 is 2.38 bits per heavy atom. The molecule has 6 heteroatoms. The van der Waals surface area contributed by atoms with Crippen LogP contribution in [-0.2, 0) is 11.3 Å². The number of ether oxygens (including phenoxy) is 1. The molecule has 0 radical (unpaired) electrons. The van der Waals surface area contributed by atoms with Crippen LogP contribution in [0.1, 0.15) is 5.56 Å². The van der Waals surface area contributed by atoms with Gasteiger partial charge < -0.3 is 10.5 Å². The molecule has 1 saturated heterocycles. The third kappa shape index (κ3) is 2.29. The Hall–Kier alpha value is -1.66. The molecule has 0 saturated carbocycles. The van der Waals surface area contributed by atoms with Gasteiger partial charge in [-0.25, -0.2) is 0 Å². The van der Waals surface area contributed by atoms with Crippen molar-refractivity contribution in [2.24, 2.45) is 0 Å². The van der Waals surface area contributed by atoms with Crippen molar-refractivity contribution in [3.63, 3.8) is 0 Å². The zero-order valence-electron chi connectivity index (χ0n) is 8.76. The lowest BCUT2D eigenvalue weighted by molar-refractivity contribution is -0.384. The fraction of sp³-hybridized carbons (Fsp3) is 0.400. The Morgan fingerprint density at radius 1 is 1.56 bits per heavy atom. The van der Waals surface area contributed by atoms with Crippen LogP contribution in [0, 0.1) is 10.1 Å². The van der Waals surface area contributed by atoms with Gasteiger partial charge in [-0.1, -0.05) is 6.07 Å². The van der Waals surface area contributed by atoms with E-state index in [9.17, 15) is 10.1 Å². The summed E-state index contributed by atoms with van der Waals surface area (Å²) in [5.41, 5.74) is 6.57. The summed E-state index contributed by atoms with van der Waals surface area (Å²) in [6.45, 7) is 2.81. The van der Waals surface area contributed by atoms with Gasteiger partial charge in [-0.2, -0.15) is 0 Å². The Kier molecular flexibility index (Phi) is 3.02. The van der Waals surface area contributed by atoms with Gasteiger partial charge in [-0.3, -0.25) is 15.0 Å². The molecule has 1 heterocycles. The molecule has 0 aliphatic carbocycles. The lowest BCUT2D eigenvalue weighted by atomic mass is 10.1. The molecule has 1 fully saturated rings. The fourth-order valence-corrected chi connectivity index (χ4v) is 1.68. The molecular formula is C10H13N3O3. The van der Waals surface area contributed by atoms with Crippen molar-refractivity contribution in [1.82, 2.24) is 4.90 Å². The Morgan fingerprint density at radius 3 is 3.00 bits per heavy atom. The normalized spacial score (nSPS) is 16.5. The number of nitrogens with two attached hydrogens (primary N) is 1. The van der Waals surface area contributed by atoms with Gasteiger partial charge in [-0.15, -0.1) is 0 Å². The molecule has 6 nitrogen and oxygen atoms in total. The van der Waals surface area contributed by atoms with Gasteiger partial charge in [0, 0.05) is 19.2 Å². The summed E-state index contributed by atoms with van der Waals surface area (Å²) >= 11 is 0. The number of benzene rings is 1. The summed E-state index contributed by atoms with van der Waals surface area (Å²) in [5, 5.41) is 10.7. The second-order valence-electron chi connectivity index (χ2n) is 3.74. The van der Waals surface area contributed by atoms with E-state index in [1.807, 2.05) is 0 Å². The minimum Gasteiger partial charge on any atom is -0.393 e. The van der Waals surface area contributed by atoms with Gasteiger partial charge in [0.05, 0.1) is 18.3 Å². The summed E-state index contributed by atoms with van der Waals surface area (Å²) in [4.78, 5) is 12.3. The maximum Gasteiger partial charge on any atom is 0.292 e. The van der Waals surface area contributed by atoms with Crippen LogP contribution in [0.25, 0.3) is 0 Å². The van der Waals surface area contributed by atoms with Gasteiger partial charge in [-0.05, 0) is 11.6 Å². The van der Waals surface area contributed by atoms with Crippen molar-refractivity contribution in [2.75, 3.05) is 25.6 Å². The summed E-state index contributed by atoms with van der Waals surface area (Å²) in [6, 6.07) is 4.90. The third-order valence-corrected chi connectivity index (χ3v) is 2.52. The molecule has 0 aromatic heterocycles. The van der Waals surface area contributed by atoms with Crippen molar-refractivity contribution >= 4 is 11.4 Å². The van der Waals surface area contributed by atoms with E-state index in [4.69, 9.17) is 10.5 Å². The highest BCUT2D eigenvalue weighted by molar-refractivity contribution is 5.59. The second-order valence-corrected chi connectivity index (χ2v) is 3.74. The van der Waals surface area contributed by atoms with Crippen LogP contribution in [0.3, 0.4) is 0 Å². The van der Waals surface area contributed by atoms with Crippen LogP contribution in [0.4, 0.5) is 11.4 Å². The molecule has 86 valence electrons. The van der Waals surface area contributed by atoms with E-state index in [1.54, 1.807) is 12.1 Å². The molecule has 2 rings (SSSR count). The van der Waals surface area contributed by atoms with E-state index < -0.39 is 4.92 Å². The number of hydrogen-bond donors (Lipinski definition) is 1. The Bertz CT molecular complexity index is 402. The first-order valence-electron chi connectivity index (χ1n) is 5.00. The van der Waals surface area contributed by atoms with E-state index >= 15 is 0 Å². The molecule has 16 heavy (non-hydrogen) atoms. The van der Waals surface area contributed by atoms with Crippen molar-refractivity contribution in [3.05, 3.63) is 33.9 Å². The highest BCUT2D eigenvalue weighted by atomic mass is 16.6. The van der Waals surface area contributed by atoms with Crippen molar-refractivity contribution in [1.29, 1.82) is 0 Å². The predicted molar refractivity (Wildman–Crippen MR) is 58.7 cm³/mol. The Labute approximate surface area is 92.8 Å². The molecule has 0 unspecified atom stereocenters. The molecule has 0 bridgehead atoms. The number of rotatable bonds is 3. The first kappa shape index (κ1) is 10.8. The average molecular weight is 223 g/mol. The van der Waals surface area contributed by atoms with E-state index in [0.29, 0.717) is 13.3 Å². The van der Waals surface area contributed by atoms with Crippen LogP contribution in [0.15, 0.2) is 18.2 Å². The zero-order valence-corrected chi connectivity index (χ0v) is 8.76. The van der Waals surface area contributed by atoms with Crippen LogP contribution in [0.5, 0.6) is 0 Å². The monoisotopic (exact) mass is 223 g/mol. The van der Waals surface area contributed by atoms with E-state index in [2.05, 4.69) is 4.90 Å². The average Bonchev–Trinajstić information content (AvgIpc) is 2.73. The van der Waals surface area contributed by atoms with Crippen molar-refractivity contribution in [2.45, 2.75) is 6.54 Å². The summed E-state index contributed by atoms with van der Waals surface area (Å²) in [7, 11) is 0. The molecule has 2 N–H and O–H groups in total. The third-order valence-electron chi connectivity index (χ3n) is 2.52. The fourth-order valence-electron chi connectivity index (χ4n) is 1.68. The molecule has 1 aromatic carbocycles. The van der Waals surface area contributed by atoms with Crippen molar-refractivity contribution in [3.8, 4) is 0 Å². The second kappa shape index (κ2) is 4.46. The molecule has 1 aliphatic rings. The molecule has 0 spiro atoms. The Balaban J connectivity index is 2.15. The quantitative estimate of drug-likeness (QED) is 0.469. The predicted octanol–water partition coefficient (Wildman–Crippen LogP) is 0.967. The molecule has 1 aromatic rings. The van der Waals surface area contributed by atoms with E-state index in [1.165, 1.54) is 6.07 Å². The minimum atomic E-state index is -0.459. The van der Waals surface area contributed by atoms with Crippen LogP contribution in [0.2, 0.25) is 0 Å². The maximum atomic E-state index is 10.7. The summed E-state index contributed by atoms with van der Waals surface area (Å²) in [6.07, 6.45) is 0. The SMILES string of the molecule is Nc1ccc(CN2CCOC2)cc1[N+](=O)[O-]. The van der Waals surface area contributed by atoms with Gasteiger partial charge >= 0.3 is 0 Å². The minimum absolute atomic E-state index is 0.0300. The molecule has 1 aliphatic heterocycles. The summed E-state index contributed by atoms with van der Waals surface area (Å²) in [5.74, 6) is 0. The topological polar surface area (TPSA) is 81.6 Å². The lowest BCUT2D eigenvalue weighted by Gasteiger charge is -2.12. The van der Waals surface area contributed by atoms with Crippen LogP contribution >= 0.6 is 0 Å². The number of hydrogen-bond acceptors (Lipinski definition) is 5.